The van der Waals surface area contributed by atoms with Crippen LogP contribution in [0.15, 0.2) is 30.6 Å². The van der Waals surface area contributed by atoms with E-state index in [1.165, 1.54) is 11.9 Å². The number of fused-ring (bicyclic) bond motifs is 1. The van der Waals surface area contributed by atoms with E-state index >= 15 is 0 Å². The Morgan fingerprint density at radius 3 is 2.48 bits per heavy atom. The molecule has 0 aliphatic rings. The van der Waals surface area contributed by atoms with Crippen LogP contribution in [0.2, 0.25) is 0 Å². The molecule has 6 heteroatoms. The van der Waals surface area contributed by atoms with E-state index in [-0.39, 0.29) is 0 Å². The Morgan fingerprint density at radius 2 is 1.86 bits per heavy atom. The topological polar surface area (TPSA) is 78.8 Å². The number of nitrogen functional groups attached to an aromatic ring is 1. The lowest BCUT2D eigenvalue weighted by atomic mass is 10.0. The lowest BCUT2D eigenvalue weighted by Crippen LogP contribution is -2.02. The molecular formula is C15H17N5O. The lowest BCUT2D eigenvalue weighted by Gasteiger charge is -2.09. The number of nitrogens with two attached hydrogens (primary N) is 1. The van der Waals surface area contributed by atoms with Crippen molar-refractivity contribution in [2.45, 2.75) is 19.8 Å². The molecule has 3 aromatic rings. The molecule has 0 saturated heterocycles. The van der Waals surface area contributed by atoms with Gasteiger partial charge < -0.3 is 10.5 Å². The molecule has 6 nitrogen and oxygen atoms in total. The van der Waals surface area contributed by atoms with Gasteiger partial charge in [0.15, 0.2) is 11.2 Å². The fourth-order valence-corrected chi connectivity index (χ4v) is 2.30. The first-order valence-corrected chi connectivity index (χ1v) is 6.75. The van der Waals surface area contributed by atoms with Gasteiger partial charge in [0.05, 0.1) is 12.8 Å². The smallest absolute Gasteiger partial charge is 0.245 e. The maximum atomic E-state index is 6.04. The normalized spacial score (nSPS) is 11.2. The van der Waals surface area contributed by atoms with Crippen LogP contribution in [0.25, 0.3) is 16.9 Å². The van der Waals surface area contributed by atoms with Gasteiger partial charge >= 0.3 is 0 Å². The van der Waals surface area contributed by atoms with Gasteiger partial charge in [-0.3, -0.25) is 4.57 Å². The Morgan fingerprint density at radius 1 is 1.14 bits per heavy atom. The molecule has 108 valence electrons. The summed E-state index contributed by atoms with van der Waals surface area (Å²) >= 11 is 0. The largest absolute Gasteiger partial charge is 0.479 e. The zero-order valence-electron chi connectivity index (χ0n) is 12.2. The Kier molecular flexibility index (Phi) is 3.21. The van der Waals surface area contributed by atoms with Crippen LogP contribution in [-0.2, 0) is 0 Å². The van der Waals surface area contributed by atoms with E-state index in [1.807, 2.05) is 12.1 Å². The predicted octanol–water partition coefficient (Wildman–Crippen LogP) is 2.53. The molecule has 2 heterocycles. The summed E-state index contributed by atoms with van der Waals surface area (Å²) in [6.45, 7) is 4.32. The number of anilines is 1. The monoisotopic (exact) mass is 283 g/mol. The van der Waals surface area contributed by atoms with Crippen molar-refractivity contribution in [1.29, 1.82) is 0 Å². The van der Waals surface area contributed by atoms with Crippen molar-refractivity contribution in [3.8, 4) is 11.6 Å². The number of benzene rings is 1. The molecule has 0 spiro atoms. The third-order valence-corrected chi connectivity index (χ3v) is 3.45. The highest BCUT2D eigenvalue weighted by Crippen LogP contribution is 2.26. The molecular weight excluding hydrogens is 266 g/mol. The van der Waals surface area contributed by atoms with Crippen LogP contribution in [0.3, 0.4) is 0 Å². The van der Waals surface area contributed by atoms with Gasteiger partial charge in [0.1, 0.15) is 6.33 Å². The molecule has 0 atom stereocenters. The summed E-state index contributed by atoms with van der Waals surface area (Å²) in [6.07, 6.45) is 1.45. The van der Waals surface area contributed by atoms with E-state index in [0.29, 0.717) is 28.9 Å². The first-order chi connectivity index (χ1) is 10.1. The molecule has 3 rings (SSSR count). The third-order valence-electron chi connectivity index (χ3n) is 3.45. The second-order valence-corrected chi connectivity index (χ2v) is 5.11. The number of aromatic nitrogens is 4. The average Bonchev–Trinajstić information content (AvgIpc) is 2.83. The average molecular weight is 283 g/mol. The maximum Gasteiger partial charge on any atom is 0.245 e. The summed E-state index contributed by atoms with van der Waals surface area (Å²) in [6, 6.07) is 8.20. The summed E-state index contributed by atoms with van der Waals surface area (Å²) in [4.78, 5) is 12.6. The van der Waals surface area contributed by atoms with E-state index in [9.17, 15) is 0 Å². The molecule has 0 unspecified atom stereocenters. The lowest BCUT2D eigenvalue weighted by molar-refractivity contribution is 0.401. The number of rotatable bonds is 3. The molecule has 2 aromatic heterocycles. The summed E-state index contributed by atoms with van der Waals surface area (Å²) in [7, 11) is 1.55. The fourth-order valence-electron chi connectivity index (χ4n) is 2.30. The van der Waals surface area contributed by atoms with Crippen LogP contribution in [0.4, 0.5) is 5.95 Å². The zero-order valence-corrected chi connectivity index (χ0v) is 12.2. The summed E-state index contributed by atoms with van der Waals surface area (Å²) in [5.74, 6) is 1.27. The van der Waals surface area contributed by atoms with E-state index < -0.39 is 0 Å². The summed E-state index contributed by atoms with van der Waals surface area (Å²) in [5.41, 5.74) is 9.42. The number of hydrogen-bond donors (Lipinski definition) is 1. The van der Waals surface area contributed by atoms with Crippen LogP contribution < -0.4 is 10.5 Å². The summed E-state index contributed by atoms with van der Waals surface area (Å²) in [5, 5.41) is 0. The molecule has 0 bridgehead atoms. The Balaban J connectivity index is 2.18. The number of nitrogens with zero attached hydrogens (tertiary/aromatic N) is 4. The first-order valence-electron chi connectivity index (χ1n) is 6.75. The highest BCUT2D eigenvalue weighted by Gasteiger charge is 2.15. The number of methoxy groups -OCH3 is 1. The van der Waals surface area contributed by atoms with Crippen molar-refractivity contribution in [2.24, 2.45) is 0 Å². The molecule has 0 amide bonds. The molecule has 1 aromatic carbocycles. The van der Waals surface area contributed by atoms with Gasteiger partial charge in [0.25, 0.3) is 0 Å². The maximum absolute atomic E-state index is 6.04. The van der Waals surface area contributed by atoms with Gasteiger partial charge in [-0.2, -0.15) is 4.98 Å². The van der Waals surface area contributed by atoms with Gasteiger partial charge in [-0.05, 0) is 23.6 Å². The van der Waals surface area contributed by atoms with E-state index in [0.717, 1.165) is 5.69 Å². The zero-order chi connectivity index (χ0) is 15.0. The molecule has 0 fully saturated rings. The van der Waals surface area contributed by atoms with Gasteiger partial charge in [-0.15, -0.1) is 0 Å². The molecule has 0 saturated carbocycles. The molecule has 0 aliphatic heterocycles. The molecule has 21 heavy (non-hydrogen) atoms. The van der Waals surface area contributed by atoms with Crippen LogP contribution >= 0.6 is 0 Å². The van der Waals surface area contributed by atoms with Crippen LogP contribution in [0.5, 0.6) is 5.88 Å². The van der Waals surface area contributed by atoms with Crippen LogP contribution in [0, 0.1) is 0 Å². The SMILES string of the molecule is COc1ncnc2c1nc(N)n2-c1ccc(C(C)C)cc1. The quantitative estimate of drug-likeness (QED) is 0.799. The van der Waals surface area contributed by atoms with E-state index in [4.69, 9.17) is 10.5 Å². The highest BCUT2D eigenvalue weighted by molar-refractivity contribution is 5.81. The third kappa shape index (κ3) is 2.18. The molecule has 2 N–H and O–H groups in total. The van der Waals surface area contributed by atoms with Crippen molar-refractivity contribution < 1.29 is 4.74 Å². The van der Waals surface area contributed by atoms with Crippen molar-refractivity contribution in [3.63, 3.8) is 0 Å². The number of ether oxygens (including phenoxy) is 1. The van der Waals surface area contributed by atoms with Gasteiger partial charge in [-0.1, -0.05) is 26.0 Å². The fraction of sp³-hybridized carbons (Fsp3) is 0.267. The van der Waals surface area contributed by atoms with Crippen LogP contribution in [-0.4, -0.2) is 26.6 Å². The Hall–Kier alpha value is -2.63. The number of imidazole rings is 1. The summed E-state index contributed by atoms with van der Waals surface area (Å²) < 4.78 is 7.00. The van der Waals surface area contributed by atoms with E-state index in [1.54, 1.807) is 11.7 Å². The van der Waals surface area contributed by atoms with Gasteiger partial charge in [-0.25, -0.2) is 9.97 Å². The van der Waals surface area contributed by atoms with Crippen LogP contribution in [0.1, 0.15) is 25.3 Å². The minimum absolute atomic E-state index is 0.362. The van der Waals surface area contributed by atoms with E-state index in [2.05, 4.69) is 40.9 Å². The standard InChI is InChI=1S/C15H17N5O/c1-9(2)10-4-6-11(7-5-10)20-13-12(19-15(20)16)14(21-3)18-8-17-13/h4-9H,1-3H3,(H2,16,19). The van der Waals surface area contributed by atoms with Crippen molar-refractivity contribution in [1.82, 2.24) is 19.5 Å². The molecule has 0 aliphatic carbocycles. The second-order valence-electron chi connectivity index (χ2n) is 5.11. The first kappa shape index (κ1) is 13.4. The minimum atomic E-state index is 0.362. The highest BCUT2D eigenvalue weighted by atomic mass is 16.5. The van der Waals surface area contributed by atoms with Crippen molar-refractivity contribution >= 4 is 17.1 Å². The van der Waals surface area contributed by atoms with Crippen molar-refractivity contribution in [3.05, 3.63) is 36.2 Å². The van der Waals surface area contributed by atoms with Crippen molar-refractivity contribution in [2.75, 3.05) is 12.8 Å². The number of hydrogen-bond acceptors (Lipinski definition) is 5. The van der Waals surface area contributed by atoms with Gasteiger partial charge in [0.2, 0.25) is 11.8 Å². The predicted molar refractivity (Wildman–Crippen MR) is 81.7 cm³/mol. The Bertz CT molecular complexity index is 777. The van der Waals surface area contributed by atoms with Gasteiger partial charge in [0, 0.05) is 0 Å². The minimum Gasteiger partial charge on any atom is -0.479 e. The Labute approximate surface area is 122 Å². The molecule has 0 radical (unpaired) electrons. The second kappa shape index (κ2) is 5.05.